The van der Waals surface area contributed by atoms with Gasteiger partial charge in [-0.15, -0.1) is 0 Å². The second-order valence-corrected chi connectivity index (χ2v) is 4.59. The van der Waals surface area contributed by atoms with E-state index in [0.29, 0.717) is 17.5 Å². The molecule has 0 amide bonds. The lowest BCUT2D eigenvalue weighted by Crippen LogP contribution is -2.16. The first kappa shape index (κ1) is 11.3. The van der Waals surface area contributed by atoms with Crippen LogP contribution in [0.25, 0.3) is 0 Å². The highest BCUT2D eigenvalue weighted by Gasteiger charge is 2.17. The van der Waals surface area contributed by atoms with Gasteiger partial charge in [-0.05, 0) is 24.5 Å². The van der Waals surface area contributed by atoms with Gasteiger partial charge < -0.3 is 10.5 Å². The fourth-order valence-corrected chi connectivity index (χ4v) is 1.95. The molecule has 1 heterocycles. The van der Waals surface area contributed by atoms with E-state index in [0.717, 1.165) is 17.9 Å². The summed E-state index contributed by atoms with van der Waals surface area (Å²) >= 11 is 4.94. The van der Waals surface area contributed by atoms with Crippen molar-refractivity contribution in [2.24, 2.45) is 11.7 Å². The van der Waals surface area contributed by atoms with Crippen molar-refractivity contribution >= 4 is 17.2 Å². The monoisotopic (exact) mass is 236 g/mol. The molecule has 0 aliphatic heterocycles. The average Bonchev–Trinajstić information content (AvgIpc) is 2.22. The van der Waals surface area contributed by atoms with Gasteiger partial charge in [-0.2, -0.15) is 0 Å². The van der Waals surface area contributed by atoms with Crippen molar-refractivity contribution in [3.8, 4) is 5.88 Å². The highest BCUT2D eigenvalue weighted by Crippen LogP contribution is 2.29. The van der Waals surface area contributed by atoms with E-state index in [1.54, 1.807) is 6.20 Å². The van der Waals surface area contributed by atoms with Gasteiger partial charge in [0.05, 0.1) is 12.2 Å². The summed E-state index contributed by atoms with van der Waals surface area (Å²) in [6.45, 7) is 0.706. The van der Waals surface area contributed by atoms with Crippen molar-refractivity contribution in [3.63, 3.8) is 0 Å². The van der Waals surface area contributed by atoms with Crippen molar-refractivity contribution < 1.29 is 4.74 Å². The van der Waals surface area contributed by atoms with Gasteiger partial charge in [0.1, 0.15) is 4.99 Å². The molecule has 86 valence electrons. The van der Waals surface area contributed by atoms with Gasteiger partial charge in [0.2, 0.25) is 5.88 Å². The number of rotatable bonds is 5. The van der Waals surface area contributed by atoms with Crippen LogP contribution in [0.3, 0.4) is 0 Å². The van der Waals surface area contributed by atoms with Crippen LogP contribution in [0.2, 0.25) is 0 Å². The first-order valence-corrected chi connectivity index (χ1v) is 6.06. The van der Waals surface area contributed by atoms with E-state index in [2.05, 4.69) is 4.98 Å². The summed E-state index contributed by atoms with van der Waals surface area (Å²) in [4.78, 5) is 4.49. The largest absolute Gasteiger partial charge is 0.477 e. The molecule has 1 aliphatic rings. The van der Waals surface area contributed by atoms with E-state index in [1.807, 2.05) is 12.1 Å². The molecule has 1 aromatic rings. The number of aromatic nitrogens is 1. The lowest BCUT2D eigenvalue weighted by atomic mass is 9.83. The summed E-state index contributed by atoms with van der Waals surface area (Å²) in [6, 6.07) is 3.65. The Balaban J connectivity index is 1.89. The predicted octanol–water partition coefficient (Wildman–Crippen LogP) is 2.28. The summed E-state index contributed by atoms with van der Waals surface area (Å²) in [5.41, 5.74) is 6.32. The van der Waals surface area contributed by atoms with E-state index in [4.69, 9.17) is 22.7 Å². The Kier molecular flexibility index (Phi) is 3.72. The SMILES string of the molecule is NC(=S)c1cccnc1OCCC1CCC1. The lowest BCUT2D eigenvalue weighted by molar-refractivity contribution is 0.217. The van der Waals surface area contributed by atoms with E-state index < -0.39 is 0 Å². The number of thiocarbonyl (C=S) groups is 1. The fraction of sp³-hybridized carbons (Fsp3) is 0.500. The average molecular weight is 236 g/mol. The zero-order chi connectivity index (χ0) is 11.4. The summed E-state index contributed by atoms with van der Waals surface area (Å²) in [6.07, 6.45) is 6.85. The number of nitrogens with two attached hydrogens (primary N) is 1. The predicted molar refractivity (Wildman–Crippen MR) is 67.6 cm³/mol. The van der Waals surface area contributed by atoms with Crippen LogP contribution in [0.15, 0.2) is 18.3 Å². The minimum Gasteiger partial charge on any atom is -0.477 e. The Morgan fingerprint density at radius 2 is 2.38 bits per heavy atom. The van der Waals surface area contributed by atoms with Gasteiger partial charge in [0, 0.05) is 6.20 Å². The molecule has 1 fully saturated rings. The molecule has 16 heavy (non-hydrogen) atoms. The van der Waals surface area contributed by atoms with E-state index in [9.17, 15) is 0 Å². The quantitative estimate of drug-likeness (QED) is 0.797. The van der Waals surface area contributed by atoms with Crippen molar-refractivity contribution in [2.45, 2.75) is 25.7 Å². The number of pyridine rings is 1. The highest BCUT2D eigenvalue weighted by atomic mass is 32.1. The van der Waals surface area contributed by atoms with Crippen LogP contribution < -0.4 is 10.5 Å². The third-order valence-electron chi connectivity index (χ3n) is 3.03. The molecule has 1 saturated carbocycles. The fourth-order valence-electron chi connectivity index (χ4n) is 1.80. The Labute approximate surface area is 101 Å². The molecule has 0 aromatic carbocycles. The number of ether oxygens (including phenoxy) is 1. The maximum atomic E-state index is 5.63. The van der Waals surface area contributed by atoms with Crippen LogP contribution in [-0.2, 0) is 0 Å². The van der Waals surface area contributed by atoms with Crippen LogP contribution in [0, 0.1) is 5.92 Å². The maximum absolute atomic E-state index is 5.63. The number of hydrogen-bond acceptors (Lipinski definition) is 3. The van der Waals surface area contributed by atoms with Crippen LogP contribution in [-0.4, -0.2) is 16.6 Å². The third-order valence-corrected chi connectivity index (χ3v) is 3.25. The van der Waals surface area contributed by atoms with Crippen molar-refractivity contribution in [1.82, 2.24) is 4.98 Å². The minimum absolute atomic E-state index is 0.340. The van der Waals surface area contributed by atoms with Gasteiger partial charge in [0.15, 0.2) is 0 Å². The van der Waals surface area contributed by atoms with Gasteiger partial charge in [-0.25, -0.2) is 4.98 Å². The Bertz CT molecular complexity index is 377. The minimum atomic E-state index is 0.340. The molecule has 0 spiro atoms. The molecule has 3 nitrogen and oxygen atoms in total. The first-order valence-electron chi connectivity index (χ1n) is 5.65. The number of nitrogens with zero attached hydrogens (tertiary/aromatic N) is 1. The Morgan fingerprint density at radius 3 is 3.00 bits per heavy atom. The molecule has 0 bridgehead atoms. The molecular formula is C12H16N2OS. The van der Waals surface area contributed by atoms with E-state index in [1.165, 1.54) is 19.3 Å². The molecule has 0 atom stereocenters. The normalized spacial score (nSPS) is 15.5. The molecule has 1 aromatic heterocycles. The Hall–Kier alpha value is -1.16. The lowest BCUT2D eigenvalue weighted by Gasteiger charge is -2.25. The van der Waals surface area contributed by atoms with Gasteiger partial charge in [-0.1, -0.05) is 31.5 Å². The zero-order valence-electron chi connectivity index (χ0n) is 9.19. The molecule has 2 N–H and O–H groups in total. The number of hydrogen-bond donors (Lipinski definition) is 1. The molecule has 0 saturated heterocycles. The summed E-state index contributed by atoms with van der Waals surface area (Å²) in [5.74, 6) is 1.41. The second-order valence-electron chi connectivity index (χ2n) is 4.15. The maximum Gasteiger partial charge on any atom is 0.223 e. The third kappa shape index (κ3) is 2.70. The molecule has 1 aliphatic carbocycles. The van der Waals surface area contributed by atoms with Gasteiger partial charge >= 0.3 is 0 Å². The van der Waals surface area contributed by atoms with E-state index >= 15 is 0 Å². The first-order chi connectivity index (χ1) is 7.77. The molecule has 0 radical (unpaired) electrons. The molecular weight excluding hydrogens is 220 g/mol. The topological polar surface area (TPSA) is 48.1 Å². The van der Waals surface area contributed by atoms with Gasteiger partial charge in [0.25, 0.3) is 0 Å². The zero-order valence-corrected chi connectivity index (χ0v) is 10.0. The Morgan fingerprint density at radius 1 is 1.56 bits per heavy atom. The van der Waals surface area contributed by atoms with Crippen LogP contribution in [0.1, 0.15) is 31.2 Å². The molecule has 0 unspecified atom stereocenters. The van der Waals surface area contributed by atoms with Crippen molar-refractivity contribution in [2.75, 3.05) is 6.61 Å². The highest BCUT2D eigenvalue weighted by molar-refractivity contribution is 7.80. The molecule has 2 rings (SSSR count). The van der Waals surface area contributed by atoms with Crippen LogP contribution >= 0.6 is 12.2 Å². The van der Waals surface area contributed by atoms with Crippen LogP contribution in [0.5, 0.6) is 5.88 Å². The standard InChI is InChI=1S/C12H16N2OS/c13-11(16)10-5-2-7-14-12(10)15-8-6-9-3-1-4-9/h2,5,7,9H,1,3-4,6,8H2,(H2,13,16). The summed E-state index contributed by atoms with van der Waals surface area (Å²) < 4.78 is 5.63. The van der Waals surface area contributed by atoms with E-state index in [-0.39, 0.29) is 0 Å². The van der Waals surface area contributed by atoms with Crippen molar-refractivity contribution in [1.29, 1.82) is 0 Å². The van der Waals surface area contributed by atoms with Crippen LogP contribution in [0.4, 0.5) is 0 Å². The smallest absolute Gasteiger partial charge is 0.223 e. The summed E-state index contributed by atoms with van der Waals surface area (Å²) in [7, 11) is 0. The van der Waals surface area contributed by atoms with Gasteiger partial charge in [-0.3, -0.25) is 0 Å². The van der Waals surface area contributed by atoms with Crippen molar-refractivity contribution in [3.05, 3.63) is 23.9 Å². The second kappa shape index (κ2) is 5.25. The molecule has 4 heteroatoms. The summed E-state index contributed by atoms with van der Waals surface area (Å²) in [5, 5.41) is 0.